The van der Waals surface area contributed by atoms with Gasteiger partial charge in [-0.3, -0.25) is 0 Å². The molecule has 1 unspecified atom stereocenters. The van der Waals surface area contributed by atoms with Crippen molar-refractivity contribution in [2.24, 2.45) is 11.8 Å². The first-order chi connectivity index (χ1) is 6.66. The molecule has 0 aromatic heterocycles. The zero-order chi connectivity index (χ0) is 10.8. The van der Waals surface area contributed by atoms with Gasteiger partial charge in [0.1, 0.15) is 0 Å². The van der Waals surface area contributed by atoms with E-state index in [1.807, 2.05) is 0 Å². The van der Waals surface area contributed by atoms with Crippen molar-refractivity contribution in [1.29, 1.82) is 0 Å². The molecule has 0 aliphatic carbocycles. The summed E-state index contributed by atoms with van der Waals surface area (Å²) < 4.78 is 0. The summed E-state index contributed by atoms with van der Waals surface area (Å²) in [6.45, 7) is 9.15. The largest absolute Gasteiger partial charge is 0.0883 e. The fourth-order valence-electron chi connectivity index (χ4n) is 1.46. The minimum Gasteiger partial charge on any atom is -0.0883 e. The predicted molar refractivity (Wildman–Crippen MR) is 66.5 cm³/mol. The highest BCUT2D eigenvalue weighted by molar-refractivity contribution is 4.85. The molecule has 0 fully saturated rings. The van der Waals surface area contributed by atoms with Crippen molar-refractivity contribution in [1.82, 2.24) is 0 Å². The van der Waals surface area contributed by atoms with Gasteiger partial charge in [0.05, 0.1) is 0 Å². The van der Waals surface area contributed by atoms with E-state index >= 15 is 0 Å². The predicted octanol–water partition coefficient (Wildman–Crippen LogP) is 5.20. The highest BCUT2D eigenvalue weighted by atomic mass is 14.0. The molecule has 0 aromatic rings. The lowest BCUT2D eigenvalue weighted by molar-refractivity contribution is 0.528. The van der Waals surface area contributed by atoms with Crippen LogP contribution in [0.5, 0.6) is 0 Å². The van der Waals surface area contributed by atoms with Crippen molar-refractivity contribution in [3.05, 3.63) is 12.2 Å². The van der Waals surface area contributed by atoms with Crippen LogP contribution in [0.2, 0.25) is 0 Å². The Bertz CT molecular complexity index is 133. The third-order valence-electron chi connectivity index (χ3n) is 2.76. The zero-order valence-corrected chi connectivity index (χ0v) is 10.6. The molecule has 0 saturated carbocycles. The minimum atomic E-state index is 0.769. The van der Waals surface area contributed by atoms with Gasteiger partial charge in [-0.05, 0) is 24.7 Å². The fraction of sp³-hybridized carbons (Fsp3) is 0.857. The first kappa shape index (κ1) is 13.7. The average Bonchev–Trinajstić information content (AvgIpc) is 2.15. The average molecular weight is 196 g/mol. The van der Waals surface area contributed by atoms with Crippen molar-refractivity contribution < 1.29 is 0 Å². The van der Waals surface area contributed by atoms with E-state index in [-0.39, 0.29) is 0 Å². The molecule has 14 heavy (non-hydrogen) atoms. The molecule has 0 radical (unpaired) electrons. The minimum absolute atomic E-state index is 0.769. The summed E-state index contributed by atoms with van der Waals surface area (Å²) in [6.07, 6.45) is 12.9. The summed E-state index contributed by atoms with van der Waals surface area (Å²) in [7, 11) is 0. The van der Waals surface area contributed by atoms with Gasteiger partial charge in [-0.2, -0.15) is 0 Å². The third kappa shape index (κ3) is 9.83. The maximum Gasteiger partial charge on any atom is -0.0265 e. The lowest BCUT2D eigenvalue weighted by atomic mass is 10.0. The van der Waals surface area contributed by atoms with Gasteiger partial charge in [0.25, 0.3) is 0 Å². The van der Waals surface area contributed by atoms with Gasteiger partial charge in [0.2, 0.25) is 0 Å². The quantitative estimate of drug-likeness (QED) is 0.370. The van der Waals surface area contributed by atoms with E-state index in [2.05, 4.69) is 39.8 Å². The lowest BCUT2D eigenvalue weighted by Gasteiger charge is -2.03. The number of rotatable bonds is 8. The fourth-order valence-corrected chi connectivity index (χ4v) is 1.46. The highest BCUT2D eigenvalue weighted by Crippen LogP contribution is 2.10. The van der Waals surface area contributed by atoms with Gasteiger partial charge in [-0.15, -0.1) is 0 Å². The Morgan fingerprint density at radius 3 is 2.29 bits per heavy atom. The van der Waals surface area contributed by atoms with Gasteiger partial charge >= 0.3 is 0 Å². The van der Waals surface area contributed by atoms with Crippen LogP contribution < -0.4 is 0 Å². The molecule has 0 amide bonds. The van der Waals surface area contributed by atoms with E-state index < -0.39 is 0 Å². The van der Waals surface area contributed by atoms with Crippen LogP contribution in [0, 0.1) is 11.8 Å². The summed E-state index contributed by atoms with van der Waals surface area (Å²) in [4.78, 5) is 0. The van der Waals surface area contributed by atoms with Gasteiger partial charge in [-0.25, -0.2) is 0 Å². The molecule has 84 valence electrons. The summed E-state index contributed by atoms with van der Waals surface area (Å²) in [6, 6.07) is 0. The number of hydrogen-bond acceptors (Lipinski definition) is 0. The van der Waals surface area contributed by atoms with Crippen LogP contribution in [0.1, 0.15) is 66.2 Å². The normalized spacial score (nSPS) is 14.1. The molecule has 0 aliphatic rings. The maximum absolute atomic E-state index is 2.36. The van der Waals surface area contributed by atoms with Crippen molar-refractivity contribution in [3.63, 3.8) is 0 Å². The summed E-state index contributed by atoms with van der Waals surface area (Å²) in [5.74, 6) is 1.65. The van der Waals surface area contributed by atoms with Crippen LogP contribution in [-0.4, -0.2) is 0 Å². The lowest BCUT2D eigenvalue weighted by Crippen LogP contribution is -1.87. The molecule has 0 spiro atoms. The van der Waals surface area contributed by atoms with E-state index in [9.17, 15) is 0 Å². The molecule has 0 saturated heterocycles. The zero-order valence-electron chi connectivity index (χ0n) is 10.6. The van der Waals surface area contributed by atoms with Crippen molar-refractivity contribution in [3.8, 4) is 0 Å². The Morgan fingerprint density at radius 2 is 1.71 bits per heavy atom. The Kier molecular flexibility index (Phi) is 9.13. The van der Waals surface area contributed by atoms with Crippen LogP contribution >= 0.6 is 0 Å². The molecule has 0 aliphatic heterocycles. The van der Waals surface area contributed by atoms with Crippen LogP contribution in [0.3, 0.4) is 0 Å². The molecular formula is C14H28. The van der Waals surface area contributed by atoms with Gasteiger partial charge in [0.15, 0.2) is 0 Å². The molecule has 0 heterocycles. The maximum atomic E-state index is 2.36. The monoisotopic (exact) mass is 196 g/mol. The van der Waals surface area contributed by atoms with Crippen molar-refractivity contribution in [2.75, 3.05) is 0 Å². The Balaban J connectivity index is 3.17. The van der Waals surface area contributed by atoms with Crippen LogP contribution in [0.4, 0.5) is 0 Å². The summed E-state index contributed by atoms with van der Waals surface area (Å²) in [5, 5.41) is 0. The molecule has 1 atom stereocenters. The second-order valence-corrected chi connectivity index (χ2v) is 4.85. The number of hydrogen-bond donors (Lipinski definition) is 0. The number of unbranched alkanes of at least 4 members (excludes halogenated alkanes) is 3. The standard InChI is InChI=1S/C14H28/c1-5-14(4)12-10-8-6-7-9-11-13(2)3/h10,12-14H,5-9,11H2,1-4H3. The van der Waals surface area contributed by atoms with E-state index in [1.54, 1.807) is 0 Å². The van der Waals surface area contributed by atoms with E-state index in [4.69, 9.17) is 0 Å². The van der Waals surface area contributed by atoms with Crippen molar-refractivity contribution >= 4 is 0 Å². The topological polar surface area (TPSA) is 0 Å². The Labute approximate surface area is 90.8 Å². The van der Waals surface area contributed by atoms with E-state index in [1.165, 1.54) is 38.5 Å². The van der Waals surface area contributed by atoms with Crippen molar-refractivity contribution in [2.45, 2.75) is 66.2 Å². The molecule has 0 heteroatoms. The Hall–Kier alpha value is -0.260. The Morgan fingerprint density at radius 1 is 1.00 bits per heavy atom. The third-order valence-corrected chi connectivity index (χ3v) is 2.76. The molecule has 0 N–H and O–H groups in total. The summed E-state index contributed by atoms with van der Waals surface area (Å²) in [5.41, 5.74) is 0. The van der Waals surface area contributed by atoms with E-state index in [0.29, 0.717) is 0 Å². The van der Waals surface area contributed by atoms with Crippen LogP contribution in [0.15, 0.2) is 12.2 Å². The SMILES string of the molecule is CCC(C)C=CCCCCCC(C)C. The molecule has 0 bridgehead atoms. The van der Waals surface area contributed by atoms with Gasteiger partial charge < -0.3 is 0 Å². The molecule has 0 rings (SSSR count). The summed E-state index contributed by atoms with van der Waals surface area (Å²) >= 11 is 0. The van der Waals surface area contributed by atoms with Gasteiger partial charge in [-0.1, -0.05) is 65.5 Å². The molecular weight excluding hydrogens is 168 g/mol. The smallest absolute Gasteiger partial charge is 0.0265 e. The first-order valence-corrected chi connectivity index (χ1v) is 6.33. The first-order valence-electron chi connectivity index (χ1n) is 6.33. The highest BCUT2D eigenvalue weighted by Gasteiger charge is 1.93. The second kappa shape index (κ2) is 9.30. The van der Waals surface area contributed by atoms with Crippen LogP contribution in [-0.2, 0) is 0 Å². The van der Waals surface area contributed by atoms with E-state index in [0.717, 1.165) is 11.8 Å². The van der Waals surface area contributed by atoms with Crippen LogP contribution in [0.25, 0.3) is 0 Å². The second-order valence-electron chi connectivity index (χ2n) is 4.85. The number of allylic oxidation sites excluding steroid dienone is 2. The molecule has 0 nitrogen and oxygen atoms in total. The van der Waals surface area contributed by atoms with Gasteiger partial charge in [0, 0.05) is 0 Å². The molecule has 0 aromatic carbocycles.